The molecule has 1 saturated carbocycles. The Kier molecular flexibility index (Phi) is 3.58. The molecule has 0 unspecified atom stereocenters. The zero-order chi connectivity index (χ0) is 13.2. The van der Waals surface area contributed by atoms with Crippen molar-refractivity contribution in [3.05, 3.63) is 22.8 Å². The van der Waals surface area contributed by atoms with Gasteiger partial charge in [0.1, 0.15) is 11.9 Å². The predicted molar refractivity (Wildman–Crippen MR) is 73.1 cm³/mol. The Balaban J connectivity index is 1.75. The van der Waals surface area contributed by atoms with E-state index in [0.29, 0.717) is 23.1 Å². The number of nitrogens with zero attached hydrogens (tertiary/aromatic N) is 2. The maximum atomic E-state index is 8.95. The minimum Gasteiger partial charge on any atom is -0.378 e. The molecule has 1 aliphatic carbocycles. The number of halogens is 1. The molecular formula is C14H16ClN3O. The summed E-state index contributed by atoms with van der Waals surface area (Å²) in [5, 5.41) is 12.8. The topological polar surface area (TPSA) is 57.9 Å². The van der Waals surface area contributed by atoms with Crippen LogP contribution in [0.4, 0.5) is 5.82 Å². The summed E-state index contributed by atoms with van der Waals surface area (Å²) in [7, 11) is 0. The Labute approximate surface area is 117 Å². The predicted octanol–water partition coefficient (Wildman–Crippen LogP) is 2.98. The highest BCUT2D eigenvalue weighted by Crippen LogP contribution is 2.35. The van der Waals surface area contributed by atoms with Gasteiger partial charge in [-0.15, -0.1) is 0 Å². The number of hydrogen-bond donors (Lipinski definition) is 1. The number of aromatic nitrogens is 1. The first-order valence-electron chi connectivity index (χ1n) is 6.72. The van der Waals surface area contributed by atoms with Crippen molar-refractivity contribution in [2.24, 2.45) is 5.92 Å². The number of nitriles is 1. The van der Waals surface area contributed by atoms with Gasteiger partial charge in [0.15, 0.2) is 5.69 Å². The zero-order valence-corrected chi connectivity index (χ0v) is 11.4. The molecule has 4 nitrogen and oxygen atoms in total. The van der Waals surface area contributed by atoms with Gasteiger partial charge in [-0.3, -0.25) is 0 Å². The Morgan fingerprint density at radius 3 is 3.11 bits per heavy atom. The fourth-order valence-corrected chi connectivity index (χ4v) is 3.29. The third-order valence-corrected chi connectivity index (χ3v) is 4.37. The standard InChI is InChI=1S/C14H16ClN3O/c15-10-4-5-14(18-12(10)8-16)17-11-2-1-3-13-9(11)6-7-19-13/h4-5,9,11,13H,1-3,6-7H2,(H,17,18)/t9-,11-,13-/m1/s1. The van der Waals surface area contributed by atoms with E-state index in [0.717, 1.165) is 25.3 Å². The molecule has 1 N–H and O–H groups in total. The van der Waals surface area contributed by atoms with E-state index in [9.17, 15) is 0 Å². The van der Waals surface area contributed by atoms with Crippen molar-refractivity contribution in [2.45, 2.75) is 37.8 Å². The van der Waals surface area contributed by atoms with Crippen LogP contribution < -0.4 is 5.32 Å². The molecule has 1 aromatic rings. The third kappa shape index (κ3) is 2.54. The number of rotatable bonds is 2. The molecule has 3 atom stereocenters. The Morgan fingerprint density at radius 2 is 2.26 bits per heavy atom. The summed E-state index contributed by atoms with van der Waals surface area (Å²) in [6.07, 6.45) is 4.99. The quantitative estimate of drug-likeness (QED) is 0.903. The molecule has 2 heterocycles. The molecular weight excluding hydrogens is 262 g/mol. The summed E-state index contributed by atoms with van der Waals surface area (Å²) in [4.78, 5) is 4.25. The molecule has 2 fully saturated rings. The van der Waals surface area contributed by atoms with Crippen LogP contribution in [-0.4, -0.2) is 23.7 Å². The van der Waals surface area contributed by atoms with Crippen LogP contribution >= 0.6 is 11.6 Å². The molecule has 0 amide bonds. The summed E-state index contributed by atoms with van der Waals surface area (Å²) in [5.74, 6) is 1.30. The van der Waals surface area contributed by atoms with Crippen molar-refractivity contribution in [3.63, 3.8) is 0 Å². The van der Waals surface area contributed by atoms with E-state index in [-0.39, 0.29) is 5.69 Å². The molecule has 0 aromatic carbocycles. The summed E-state index contributed by atoms with van der Waals surface area (Å²) in [6.45, 7) is 0.866. The Hall–Kier alpha value is -1.31. The molecule has 1 aliphatic heterocycles. The van der Waals surface area contributed by atoms with Crippen LogP contribution in [0.1, 0.15) is 31.4 Å². The fourth-order valence-electron chi connectivity index (χ4n) is 3.15. The van der Waals surface area contributed by atoms with Crippen molar-refractivity contribution in [1.82, 2.24) is 4.98 Å². The van der Waals surface area contributed by atoms with Gasteiger partial charge in [0, 0.05) is 18.6 Å². The number of ether oxygens (including phenoxy) is 1. The van der Waals surface area contributed by atoms with Crippen LogP contribution in [0.3, 0.4) is 0 Å². The third-order valence-electron chi connectivity index (χ3n) is 4.07. The summed E-state index contributed by atoms with van der Waals surface area (Å²) in [5.41, 5.74) is 0.279. The van der Waals surface area contributed by atoms with Crippen molar-refractivity contribution in [1.29, 1.82) is 5.26 Å². The zero-order valence-electron chi connectivity index (χ0n) is 10.6. The van der Waals surface area contributed by atoms with Gasteiger partial charge in [-0.05, 0) is 37.8 Å². The smallest absolute Gasteiger partial charge is 0.161 e. The van der Waals surface area contributed by atoms with E-state index >= 15 is 0 Å². The largest absolute Gasteiger partial charge is 0.378 e. The van der Waals surface area contributed by atoms with Crippen LogP contribution in [0.25, 0.3) is 0 Å². The average molecular weight is 278 g/mol. The fraction of sp³-hybridized carbons (Fsp3) is 0.571. The number of hydrogen-bond acceptors (Lipinski definition) is 4. The molecule has 0 spiro atoms. The van der Waals surface area contributed by atoms with Crippen LogP contribution in [0.2, 0.25) is 5.02 Å². The van der Waals surface area contributed by atoms with Gasteiger partial charge in [-0.2, -0.15) is 5.26 Å². The van der Waals surface area contributed by atoms with Crippen LogP contribution in [0, 0.1) is 17.2 Å². The maximum absolute atomic E-state index is 8.95. The SMILES string of the molecule is N#Cc1nc(N[C@@H]2CCC[C@H]3OCC[C@H]23)ccc1Cl. The summed E-state index contributed by atoms with van der Waals surface area (Å²) < 4.78 is 5.75. The molecule has 19 heavy (non-hydrogen) atoms. The highest BCUT2D eigenvalue weighted by Gasteiger charge is 2.37. The van der Waals surface area contributed by atoms with Gasteiger partial charge in [0.05, 0.1) is 11.1 Å². The lowest BCUT2D eigenvalue weighted by molar-refractivity contribution is 0.0619. The highest BCUT2D eigenvalue weighted by molar-refractivity contribution is 6.31. The first kappa shape index (κ1) is 12.7. The second-order valence-electron chi connectivity index (χ2n) is 5.18. The van der Waals surface area contributed by atoms with Gasteiger partial charge < -0.3 is 10.1 Å². The average Bonchev–Trinajstić information content (AvgIpc) is 2.90. The minimum atomic E-state index is 0.279. The van der Waals surface area contributed by atoms with Gasteiger partial charge in [0.25, 0.3) is 0 Å². The van der Waals surface area contributed by atoms with Crippen molar-refractivity contribution in [3.8, 4) is 6.07 Å². The van der Waals surface area contributed by atoms with Crippen LogP contribution in [-0.2, 0) is 4.74 Å². The van der Waals surface area contributed by atoms with Crippen molar-refractivity contribution < 1.29 is 4.74 Å². The number of pyridine rings is 1. The molecule has 0 bridgehead atoms. The lowest BCUT2D eigenvalue weighted by Crippen LogP contribution is -2.38. The molecule has 2 aliphatic rings. The van der Waals surface area contributed by atoms with E-state index < -0.39 is 0 Å². The van der Waals surface area contributed by atoms with Gasteiger partial charge in [0.2, 0.25) is 0 Å². The van der Waals surface area contributed by atoms with E-state index in [2.05, 4.69) is 10.3 Å². The lowest BCUT2D eigenvalue weighted by atomic mass is 9.82. The molecule has 1 saturated heterocycles. The summed E-state index contributed by atoms with van der Waals surface area (Å²) >= 11 is 5.90. The first-order chi connectivity index (χ1) is 9.28. The number of fused-ring (bicyclic) bond motifs is 1. The molecule has 1 aromatic heterocycles. The highest BCUT2D eigenvalue weighted by atomic mass is 35.5. The minimum absolute atomic E-state index is 0.279. The Morgan fingerprint density at radius 1 is 1.37 bits per heavy atom. The van der Waals surface area contributed by atoms with Crippen LogP contribution in [0.15, 0.2) is 12.1 Å². The summed E-state index contributed by atoms with van der Waals surface area (Å²) in [6, 6.07) is 5.96. The van der Waals surface area contributed by atoms with Crippen LogP contribution in [0.5, 0.6) is 0 Å². The van der Waals surface area contributed by atoms with E-state index in [1.54, 1.807) is 6.07 Å². The van der Waals surface area contributed by atoms with E-state index in [4.69, 9.17) is 21.6 Å². The van der Waals surface area contributed by atoms with Gasteiger partial charge in [-0.1, -0.05) is 11.6 Å². The second kappa shape index (κ2) is 5.36. The van der Waals surface area contributed by atoms with Gasteiger partial charge >= 0.3 is 0 Å². The van der Waals surface area contributed by atoms with E-state index in [1.807, 2.05) is 12.1 Å². The number of nitrogens with one attached hydrogen (secondary N) is 1. The Bertz CT molecular complexity index is 514. The molecule has 0 radical (unpaired) electrons. The molecule has 5 heteroatoms. The van der Waals surface area contributed by atoms with Crippen molar-refractivity contribution >= 4 is 17.4 Å². The number of anilines is 1. The van der Waals surface area contributed by atoms with Crippen molar-refractivity contribution in [2.75, 3.05) is 11.9 Å². The maximum Gasteiger partial charge on any atom is 0.161 e. The second-order valence-corrected chi connectivity index (χ2v) is 5.59. The lowest BCUT2D eigenvalue weighted by Gasteiger charge is -2.33. The molecule has 3 rings (SSSR count). The molecule has 100 valence electrons. The van der Waals surface area contributed by atoms with E-state index in [1.165, 1.54) is 12.8 Å². The first-order valence-corrected chi connectivity index (χ1v) is 7.10. The van der Waals surface area contributed by atoms with Gasteiger partial charge in [-0.25, -0.2) is 4.98 Å². The normalized spacial score (nSPS) is 29.6. The monoisotopic (exact) mass is 277 g/mol.